The van der Waals surface area contributed by atoms with Crippen LogP contribution in [0.5, 0.6) is 0 Å². The number of nitrogens with one attached hydrogen (secondary N) is 1. The highest BCUT2D eigenvalue weighted by atomic mass is 19.3. The fourth-order valence-electron chi connectivity index (χ4n) is 3.05. The summed E-state index contributed by atoms with van der Waals surface area (Å²) in [5, 5.41) is 25.4. The van der Waals surface area contributed by atoms with Crippen LogP contribution in [0.1, 0.15) is 24.0 Å². The van der Waals surface area contributed by atoms with Crippen molar-refractivity contribution in [3.05, 3.63) is 41.9 Å². The van der Waals surface area contributed by atoms with Crippen molar-refractivity contribution in [1.29, 1.82) is 0 Å². The normalized spacial score (nSPS) is 17.6. The summed E-state index contributed by atoms with van der Waals surface area (Å²) in [5.74, 6) is -1.90. The van der Waals surface area contributed by atoms with Gasteiger partial charge in [0.25, 0.3) is 5.92 Å². The van der Waals surface area contributed by atoms with Gasteiger partial charge >= 0.3 is 0 Å². The minimum absolute atomic E-state index is 0.195. The number of aliphatic hydroxyl groups is 1. The van der Waals surface area contributed by atoms with E-state index in [0.717, 1.165) is 0 Å². The van der Waals surface area contributed by atoms with Crippen LogP contribution in [-0.2, 0) is 0 Å². The number of hydrogen-bond acceptors (Lipinski definition) is 7. The fourth-order valence-corrected chi connectivity index (χ4v) is 3.05. The first-order chi connectivity index (χ1) is 12.4. The number of hydrogen-bond donors (Lipinski definition) is 2. The molecule has 3 aromatic rings. The highest BCUT2D eigenvalue weighted by molar-refractivity contribution is 5.50. The fraction of sp³-hybridized carbons (Fsp3) is 0.375. The van der Waals surface area contributed by atoms with E-state index in [1.165, 1.54) is 15.6 Å². The van der Waals surface area contributed by atoms with Gasteiger partial charge in [-0.05, 0) is 31.2 Å². The predicted molar refractivity (Wildman–Crippen MR) is 90.1 cm³/mol. The summed E-state index contributed by atoms with van der Waals surface area (Å²) < 4.78 is 28.5. The summed E-state index contributed by atoms with van der Waals surface area (Å²) in [5.41, 5.74) is 1.51. The number of imidazole rings is 1. The molecule has 1 atom stereocenters. The van der Waals surface area contributed by atoms with E-state index in [0.29, 0.717) is 28.7 Å². The summed E-state index contributed by atoms with van der Waals surface area (Å²) >= 11 is 0. The molecule has 3 aromatic heterocycles. The van der Waals surface area contributed by atoms with E-state index in [1.807, 2.05) is 0 Å². The highest BCUT2D eigenvalue weighted by Gasteiger charge is 2.39. The Bertz CT molecular complexity index is 931. The van der Waals surface area contributed by atoms with Crippen LogP contribution in [0.15, 0.2) is 30.5 Å². The molecule has 1 fully saturated rings. The number of nitrogens with zero attached hydrogens (tertiary/aromatic N) is 6. The first kappa shape index (κ1) is 16.6. The topological polar surface area (TPSA) is 91.5 Å². The first-order valence-electron chi connectivity index (χ1n) is 8.14. The third kappa shape index (κ3) is 3.03. The molecular weight excluding hydrogens is 344 g/mol. The van der Waals surface area contributed by atoms with Gasteiger partial charge in [-0.25, -0.2) is 18.3 Å². The minimum atomic E-state index is -2.71. The van der Waals surface area contributed by atoms with Crippen LogP contribution < -0.4 is 10.2 Å². The molecule has 26 heavy (non-hydrogen) atoms. The molecule has 0 aliphatic carbocycles. The van der Waals surface area contributed by atoms with Crippen LogP contribution >= 0.6 is 0 Å². The van der Waals surface area contributed by atoms with Gasteiger partial charge in [0.15, 0.2) is 17.7 Å². The Morgan fingerprint density at radius 3 is 2.85 bits per heavy atom. The van der Waals surface area contributed by atoms with Gasteiger partial charge in [-0.1, -0.05) is 0 Å². The van der Waals surface area contributed by atoms with Gasteiger partial charge in [0.1, 0.15) is 11.5 Å². The zero-order valence-electron chi connectivity index (χ0n) is 14.0. The lowest BCUT2D eigenvalue weighted by molar-refractivity contribution is 0.0256. The van der Waals surface area contributed by atoms with E-state index in [1.54, 1.807) is 31.2 Å². The standard InChI is InChI=1S/C16H17F2N7O/c1-10-14(15(26)21-11-3-2-7-19-22-11)25-12(20-10)4-5-13(23-25)24-8-6-16(17,18)9-24/h2-5,7,15,26H,6,8-9H2,1H3,(H,21,22). The monoisotopic (exact) mass is 361 g/mol. The summed E-state index contributed by atoms with van der Waals surface area (Å²) in [6, 6.07) is 6.72. The number of alkyl halides is 2. The van der Waals surface area contributed by atoms with Gasteiger partial charge in [-0.15, -0.1) is 10.2 Å². The maximum atomic E-state index is 13.5. The minimum Gasteiger partial charge on any atom is -0.368 e. The van der Waals surface area contributed by atoms with E-state index in [4.69, 9.17) is 0 Å². The second-order valence-corrected chi connectivity index (χ2v) is 6.23. The van der Waals surface area contributed by atoms with E-state index < -0.39 is 12.2 Å². The third-order valence-electron chi connectivity index (χ3n) is 4.29. The maximum Gasteiger partial charge on any atom is 0.266 e. The molecule has 0 amide bonds. The highest BCUT2D eigenvalue weighted by Crippen LogP contribution is 2.30. The van der Waals surface area contributed by atoms with Crippen LogP contribution in [0.3, 0.4) is 0 Å². The lowest BCUT2D eigenvalue weighted by Crippen LogP contribution is -2.26. The Balaban J connectivity index is 1.68. The Kier molecular flexibility index (Phi) is 3.91. The number of aliphatic hydroxyl groups excluding tert-OH is 1. The SMILES string of the molecule is Cc1nc2ccc(N3CCC(F)(F)C3)nn2c1C(O)Nc1cccnn1. The summed E-state index contributed by atoms with van der Waals surface area (Å²) in [4.78, 5) is 5.90. The van der Waals surface area contributed by atoms with E-state index in [-0.39, 0.29) is 19.5 Å². The molecule has 0 aromatic carbocycles. The van der Waals surface area contributed by atoms with Gasteiger partial charge in [0.05, 0.1) is 12.2 Å². The molecule has 2 N–H and O–H groups in total. The molecule has 10 heteroatoms. The van der Waals surface area contributed by atoms with Crippen molar-refractivity contribution in [3.63, 3.8) is 0 Å². The van der Waals surface area contributed by atoms with Crippen molar-refractivity contribution in [2.45, 2.75) is 25.5 Å². The molecule has 1 unspecified atom stereocenters. The molecule has 0 spiro atoms. The number of rotatable bonds is 4. The Morgan fingerprint density at radius 1 is 1.31 bits per heavy atom. The number of anilines is 2. The van der Waals surface area contributed by atoms with Crippen molar-refractivity contribution < 1.29 is 13.9 Å². The van der Waals surface area contributed by atoms with Crippen molar-refractivity contribution in [2.24, 2.45) is 0 Å². The average molecular weight is 361 g/mol. The van der Waals surface area contributed by atoms with Gasteiger partial charge < -0.3 is 15.3 Å². The molecule has 136 valence electrons. The molecule has 4 heterocycles. The third-order valence-corrected chi connectivity index (χ3v) is 4.29. The van der Waals surface area contributed by atoms with Crippen molar-refractivity contribution in [2.75, 3.05) is 23.3 Å². The second-order valence-electron chi connectivity index (χ2n) is 6.23. The summed E-state index contributed by atoms with van der Waals surface area (Å²) in [7, 11) is 0. The Morgan fingerprint density at radius 2 is 2.15 bits per heavy atom. The average Bonchev–Trinajstić information content (AvgIpc) is 3.13. The van der Waals surface area contributed by atoms with Crippen LogP contribution in [0.2, 0.25) is 0 Å². The van der Waals surface area contributed by atoms with E-state index in [9.17, 15) is 13.9 Å². The molecule has 0 radical (unpaired) electrons. The predicted octanol–water partition coefficient (Wildman–Crippen LogP) is 1.78. The molecule has 1 aliphatic rings. The van der Waals surface area contributed by atoms with Gasteiger partial charge in [0, 0.05) is 19.2 Å². The van der Waals surface area contributed by atoms with Gasteiger partial charge in [0.2, 0.25) is 0 Å². The quantitative estimate of drug-likeness (QED) is 0.685. The molecule has 0 saturated carbocycles. The second kappa shape index (κ2) is 6.13. The van der Waals surface area contributed by atoms with E-state index in [2.05, 4.69) is 25.6 Å². The van der Waals surface area contributed by atoms with Crippen LogP contribution in [0.25, 0.3) is 5.65 Å². The zero-order valence-corrected chi connectivity index (χ0v) is 14.0. The number of aryl methyl sites for hydroxylation is 1. The van der Waals surface area contributed by atoms with Crippen LogP contribution in [0, 0.1) is 6.92 Å². The molecule has 4 rings (SSSR count). The largest absolute Gasteiger partial charge is 0.368 e. The molecule has 1 aliphatic heterocycles. The summed E-state index contributed by atoms with van der Waals surface area (Å²) in [6.07, 6.45) is 0.195. The number of fused-ring (bicyclic) bond motifs is 1. The lowest BCUT2D eigenvalue weighted by atomic mass is 10.3. The van der Waals surface area contributed by atoms with Crippen molar-refractivity contribution in [3.8, 4) is 0 Å². The van der Waals surface area contributed by atoms with Crippen molar-refractivity contribution >= 4 is 17.3 Å². The number of halogens is 2. The smallest absolute Gasteiger partial charge is 0.266 e. The van der Waals surface area contributed by atoms with Gasteiger partial charge in [-0.3, -0.25) is 0 Å². The molecule has 8 nitrogen and oxygen atoms in total. The molecular formula is C16H17F2N7O. The molecule has 1 saturated heterocycles. The molecule has 0 bridgehead atoms. The Hall–Kier alpha value is -2.88. The summed E-state index contributed by atoms with van der Waals surface area (Å²) in [6.45, 7) is 1.61. The van der Waals surface area contributed by atoms with Crippen LogP contribution in [-0.4, -0.2) is 48.9 Å². The van der Waals surface area contributed by atoms with E-state index >= 15 is 0 Å². The van der Waals surface area contributed by atoms with Gasteiger partial charge in [-0.2, -0.15) is 5.10 Å². The van der Waals surface area contributed by atoms with Crippen molar-refractivity contribution in [1.82, 2.24) is 24.8 Å². The first-order valence-corrected chi connectivity index (χ1v) is 8.14. The Labute approximate surface area is 147 Å². The lowest BCUT2D eigenvalue weighted by Gasteiger charge is -2.18. The number of aromatic nitrogens is 5. The van der Waals surface area contributed by atoms with Crippen LogP contribution in [0.4, 0.5) is 20.4 Å². The maximum absolute atomic E-state index is 13.5. The zero-order chi connectivity index (χ0) is 18.3.